The normalized spacial score (nSPS) is 19.0. The quantitative estimate of drug-likeness (QED) is 0.607. The molecule has 0 aromatic heterocycles. The van der Waals surface area contributed by atoms with Crippen LogP contribution in [0, 0.1) is 37.0 Å². The molecule has 1 aromatic carbocycles. The van der Waals surface area contributed by atoms with Crippen LogP contribution in [0.3, 0.4) is 0 Å². The highest BCUT2D eigenvalue weighted by molar-refractivity contribution is 5.36. The number of aliphatic hydroxyl groups is 1. The standard InChI is InChI=1S/C11H22O.C9H9N.C4H8/c1-2-3-5-10-6-4-7-11(8-10)9-12;1-7-3-4-9(6-10)5-8(7)2;1-3-4-2/h10-12H,2-9H2,1H3;3-5H,1-2H3;3-4H,1-2H3/b;;4-3-/t10-,11+;;/m0../s1. The topological polar surface area (TPSA) is 44.0 Å². The summed E-state index contributed by atoms with van der Waals surface area (Å²) in [5.74, 6) is 1.55. The van der Waals surface area contributed by atoms with Crippen LogP contribution in [0.15, 0.2) is 30.4 Å². The number of hydrogen-bond donors (Lipinski definition) is 1. The van der Waals surface area contributed by atoms with Crippen molar-refractivity contribution in [2.45, 2.75) is 79.6 Å². The lowest BCUT2D eigenvalue weighted by Crippen LogP contribution is -2.18. The summed E-state index contributed by atoms with van der Waals surface area (Å²) in [6.07, 6.45) is 13.4. The van der Waals surface area contributed by atoms with Gasteiger partial charge in [0.15, 0.2) is 0 Å². The third-order valence-corrected chi connectivity index (χ3v) is 5.08. The third-order valence-electron chi connectivity index (χ3n) is 5.08. The third kappa shape index (κ3) is 11.1. The van der Waals surface area contributed by atoms with Crippen molar-refractivity contribution in [1.29, 1.82) is 5.26 Å². The van der Waals surface area contributed by atoms with Crippen LogP contribution in [0.1, 0.15) is 82.4 Å². The Balaban J connectivity index is 0.000000405. The molecule has 0 radical (unpaired) electrons. The van der Waals surface area contributed by atoms with Crippen LogP contribution in [-0.2, 0) is 0 Å². The molecule has 0 spiro atoms. The maximum Gasteiger partial charge on any atom is 0.0991 e. The van der Waals surface area contributed by atoms with Crippen molar-refractivity contribution in [3.63, 3.8) is 0 Å². The van der Waals surface area contributed by atoms with Crippen molar-refractivity contribution >= 4 is 0 Å². The summed E-state index contributed by atoms with van der Waals surface area (Å²) in [4.78, 5) is 0. The minimum Gasteiger partial charge on any atom is -0.396 e. The molecule has 1 N–H and O–H groups in total. The highest BCUT2D eigenvalue weighted by atomic mass is 16.3. The molecule has 2 heteroatoms. The van der Waals surface area contributed by atoms with Gasteiger partial charge in [0.2, 0.25) is 0 Å². The minimum atomic E-state index is 0.419. The van der Waals surface area contributed by atoms with Gasteiger partial charge in [-0.1, -0.05) is 57.2 Å². The number of allylic oxidation sites excluding steroid dienone is 2. The SMILES string of the molecule is C/C=C\C.CCCC[C@H]1CCC[C@@H](CO)C1.Cc1ccc(C#N)cc1C. The van der Waals surface area contributed by atoms with E-state index < -0.39 is 0 Å². The molecule has 0 aliphatic heterocycles. The van der Waals surface area contributed by atoms with E-state index >= 15 is 0 Å². The average Bonchev–Trinajstić information content (AvgIpc) is 2.69. The van der Waals surface area contributed by atoms with Gasteiger partial charge in [0.25, 0.3) is 0 Å². The van der Waals surface area contributed by atoms with Crippen LogP contribution in [0.25, 0.3) is 0 Å². The number of aryl methyl sites for hydroxylation is 2. The molecule has 0 saturated heterocycles. The Morgan fingerprint density at radius 2 is 1.77 bits per heavy atom. The number of rotatable bonds is 4. The summed E-state index contributed by atoms with van der Waals surface area (Å²) in [7, 11) is 0. The number of unbranched alkanes of at least 4 members (excludes halogenated alkanes) is 1. The number of benzene rings is 1. The Morgan fingerprint density at radius 3 is 2.27 bits per heavy atom. The Kier molecular flexibility index (Phi) is 14.7. The van der Waals surface area contributed by atoms with Gasteiger partial charge in [0.05, 0.1) is 11.6 Å². The first kappa shape index (κ1) is 24.4. The van der Waals surface area contributed by atoms with Gasteiger partial charge in [0.1, 0.15) is 0 Å². The predicted octanol–water partition coefficient (Wildman–Crippen LogP) is 6.73. The first-order valence-electron chi connectivity index (χ1n) is 10.2. The van der Waals surface area contributed by atoms with Crippen LogP contribution in [0.5, 0.6) is 0 Å². The second-order valence-electron chi connectivity index (χ2n) is 7.30. The monoisotopic (exact) mass is 357 g/mol. The fraction of sp³-hybridized carbons (Fsp3) is 0.625. The van der Waals surface area contributed by atoms with E-state index in [0.29, 0.717) is 12.5 Å². The molecule has 2 nitrogen and oxygen atoms in total. The molecule has 0 amide bonds. The Bertz CT molecular complexity index is 538. The molecule has 1 aliphatic rings. The average molecular weight is 358 g/mol. The van der Waals surface area contributed by atoms with Crippen molar-refractivity contribution in [1.82, 2.24) is 0 Å². The summed E-state index contributed by atoms with van der Waals surface area (Å²) in [5.41, 5.74) is 3.15. The summed E-state index contributed by atoms with van der Waals surface area (Å²) < 4.78 is 0. The number of nitriles is 1. The Labute approximate surface area is 162 Å². The van der Waals surface area contributed by atoms with Crippen molar-refractivity contribution in [2.75, 3.05) is 6.61 Å². The van der Waals surface area contributed by atoms with E-state index in [1.807, 2.05) is 58.0 Å². The smallest absolute Gasteiger partial charge is 0.0991 e. The molecule has 26 heavy (non-hydrogen) atoms. The van der Waals surface area contributed by atoms with Gasteiger partial charge in [0, 0.05) is 6.61 Å². The van der Waals surface area contributed by atoms with Crippen molar-refractivity contribution in [3.8, 4) is 6.07 Å². The second-order valence-corrected chi connectivity index (χ2v) is 7.30. The number of hydrogen-bond acceptors (Lipinski definition) is 2. The van der Waals surface area contributed by atoms with Gasteiger partial charge in [-0.15, -0.1) is 0 Å². The molecule has 1 aromatic rings. The molecule has 1 saturated carbocycles. The van der Waals surface area contributed by atoms with E-state index in [2.05, 4.69) is 13.0 Å². The molecular weight excluding hydrogens is 318 g/mol. The highest BCUT2D eigenvalue weighted by Gasteiger charge is 2.20. The van der Waals surface area contributed by atoms with Crippen LogP contribution in [0.2, 0.25) is 0 Å². The van der Waals surface area contributed by atoms with E-state index in [1.54, 1.807) is 0 Å². The number of aliphatic hydroxyl groups excluding tert-OH is 1. The summed E-state index contributed by atoms with van der Waals surface area (Å²) in [6.45, 7) is 10.7. The summed E-state index contributed by atoms with van der Waals surface area (Å²) >= 11 is 0. The van der Waals surface area contributed by atoms with E-state index in [-0.39, 0.29) is 0 Å². The molecule has 2 rings (SSSR count). The van der Waals surface area contributed by atoms with Crippen molar-refractivity contribution in [3.05, 3.63) is 47.0 Å². The second kappa shape index (κ2) is 15.6. The molecular formula is C24H39NO. The molecule has 2 atom stereocenters. The summed E-state index contributed by atoms with van der Waals surface area (Å²) in [5, 5.41) is 17.5. The fourth-order valence-electron chi connectivity index (χ4n) is 3.13. The number of nitrogens with zero attached hydrogens (tertiary/aromatic N) is 1. The van der Waals surface area contributed by atoms with E-state index in [0.717, 1.165) is 11.5 Å². The van der Waals surface area contributed by atoms with Crippen LogP contribution in [-0.4, -0.2) is 11.7 Å². The zero-order valence-corrected chi connectivity index (χ0v) is 17.6. The molecule has 146 valence electrons. The molecule has 0 unspecified atom stereocenters. The Morgan fingerprint density at radius 1 is 1.12 bits per heavy atom. The van der Waals surface area contributed by atoms with Crippen molar-refractivity contribution in [2.24, 2.45) is 11.8 Å². The van der Waals surface area contributed by atoms with Gasteiger partial charge >= 0.3 is 0 Å². The molecule has 1 fully saturated rings. The van der Waals surface area contributed by atoms with Gasteiger partial charge in [-0.2, -0.15) is 5.26 Å². The zero-order valence-electron chi connectivity index (χ0n) is 17.6. The summed E-state index contributed by atoms with van der Waals surface area (Å²) in [6, 6.07) is 7.79. The molecule has 0 bridgehead atoms. The lowest BCUT2D eigenvalue weighted by Gasteiger charge is -2.27. The maximum atomic E-state index is 9.03. The van der Waals surface area contributed by atoms with Gasteiger partial charge < -0.3 is 5.11 Å². The van der Waals surface area contributed by atoms with Crippen LogP contribution >= 0.6 is 0 Å². The molecule has 1 aliphatic carbocycles. The lowest BCUT2D eigenvalue weighted by molar-refractivity contribution is 0.156. The fourth-order valence-corrected chi connectivity index (χ4v) is 3.13. The van der Waals surface area contributed by atoms with Gasteiger partial charge in [-0.05, 0) is 75.6 Å². The predicted molar refractivity (Wildman–Crippen MR) is 113 cm³/mol. The lowest BCUT2D eigenvalue weighted by atomic mass is 9.79. The Hall–Kier alpha value is -1.59. The first-order chi connectivity index (χ1) is 12.5. The van der Waals surface area contributed by atoms with E-state index in [4.69, 9.17) is 10.4 Å². The first-order valence-corrected chi connectivity index (χ1v) is 10.2. The van der Waals surface area contributed by atoms with Crippen molar-refractivity contribution < 1.29 is 5.11 Å². The minimum absolute atomic E-state index is 0.419. The highest BCUT2D eigenvalue weighted by Crippen LogP contribution is 2.31. The van der Waals surface area contributed by atoms with E-state index in [1.165, 1.54) is 56.1 Å². The maximum absolute atomic E-state index is 9.03. The molecule has 0 heterocycles. The zero-order chi connectivity index (χ0) is 19.8. The van der Waals surface area contributed by atoms with E-state index in [9.17, 15) is 0 Å². The van der Waals surface area contributed by atoms with Gasteiger partial charge in [-0.3, -0.25) is 0 Å². The van der Waals surface area contributed by atoms with Gasteiger partial charge in [-0.25, -0.2) is 0 Å². The van der Waals surface area contributed by atoms with Crippen LogP contribution in [0.4, 0.5) is 0 Å². The van der Waals surface area contributed by atoms with Crippen LogP contribution < -0.4 is 0 Å². The largest absolute Gasteiger partial charge is 0.396 e.